The molecule has 0 unspecified atom stereocenters. The van der Waals surface area contributed by atoms with Gasteiger partial charge < -0.3 is 0 Å². The zero-order valence-corrected chi connectivity index (χ0v) is 8.75. The van der Waals surface area contributed by atoms with Crippen molar-refractivity contribution in [3.8, 4) is 6.07 Å². The van der Waals surface area contributed by atoms with Gasteiger partial charge in [0.2, 0.25) is 0 Å². The van der Waals surface area contributed by atoms with Gasteiger partial charge in [-0.1, -0.05) is 6.07 Å². The maximum absolute atomic E-state index is 8.87. The molecule has 0 aliphatic rings. The Balaban J connectivity index is 2.94. The summed E-state index contributed by atoms with van der Waals surface area (Å²) >= 11 is 5.84. The molecule has 0 fully saturated rings. The van der Waals surface area contributed by atoms with Gasteiger partial charge in [-0.05, 0) is 30.0 Å². The van der Waals surface area contributed by atoms with E-state index in [1.807, 2.05) is 25.1 Å². The molecule has 0 radical (unpaired) electrons. The van der Waals surface area contributed by atoms with Gasteiger partial charge in [0, 0.05) is 0 Å². The van der Waals surface area contributed by atoms with Gasteiger partial charge in [0.15, 0.2) is 0 Å². The maximum Gasteiger partial charge on any atom is 0.101 e. The molecule has 1 aromatic carbocycles. The Labute approximate surface area is 86.0 Å². The van der Waals surface area contributed by atoms with Crippen LogP contribution in [-0.4, -0.2) is 0 Å². The Bertz CT molecular complexity index is 505. The predicted octanol–water partition coefficient (Wildman–Crippen LogP) is 3.37. The number of nitrogens with zero attached hydrogens (tertiary/aromatic N) is 1. The Morgan fingerprint density at radius 3 is 2.92 bits per heavy atom. The first-order chi connectivity index (χ1) is 6.22. The molecule has 1 nitrogen and oxygen atoms in total. The molecular weight excluding hydrogens is 198 g/mol. The topological polar surface area (TPSA) is 23.8 Å². The average molecular weight is 205 g/mol. The van der Waals surface area contributed by atoms with Crippen molar-refractivity contribution in [2.75, 3.05) is 0 Å². The second-order valence-corrected chi connectivity index (χ2v) is 4.71. The summed E-state index contributed by atoms with van der Waals surface area (Å²) in [7, 11) is 0. The molecule has 2 aromatic rings. The zero-order chi connectivity index (χ0) is 9.42. The summed E-state index contributed by atoms with van der Waals surface area (Å²) in [5, 5.41) is 10.0. The van der Waals surface area contributed by atoms with Gasteiger partial charge in [-0.25, -0.2) is 0 Å². The van der Waals surface area contributed by atoms with E-state index >= 15 is 0 Å². The van der Waals surface area contributed by atoms with Gasteiger partial charge in [0.25, 0.3) is 0 Å². The lowest BCUT2D eigenvalue weighted by molar-refractivity contribution is 1.49. The number of fused-ring (bicyclic) bond motifs is 1. The van der Waals surface area contributed by atoms with E-state index in [1.54, 1.807) is 11.3 Å². The van der Waals surface area contributed by atoms with Crippen LogP contribution in [0.25, 0.3) is 10.1 Å². The molecule has 0 spiro atoms. The number of hydrogen-bond acceptors (Lipinski definition) is 3. The molecule has 0 saturated carbocycles. The number of rotatable bonds is 0. The minimum absolute atomic E-state index is 0.742. The summed E-state index contributed by atoms with van der Waals surface area (Å²) < 4.78 is 2.01. The van der Waals surface area contributed by atoms with Crippen molar-refractivity contribution < 1.29 is 0 Å². The van der Waals surface area contributed by atoms with Crippen LogP contribution >= 0.6 is 24.0 Å². The molecule has 0 saturated heterocycles. The van der Waals surface area contributed by atoms with Crippen LogP contribution in [0.3, 0.4) is 0 Å². The second kappa shape index (κ2) is 3.06. The van der Waals surface area contributed by atoms with Crippen molar-refractivity contribution in [3.05, 3.63) is 29.3 Å². The highest BCUT2D eigenvalue weighted by molar-refractivity contribution is 7.83. The van der Waals surface area contributed by atoms with E-state index in [4.69, 9.17) is 5.26 Å². The molecule has 3 heteroatoms. The molecule has 13 heavy (non-hydrogen) atoms. The van der Waals surface area contributed by atoms with Crippen LogP contribution in [0.1, 0.15) is 11.1 Å². The molecule has 1 heterocycles. The highest BCUT2D eigenvalue weighted by Gasteiger charge is 2.06. The minimum atomic E-state index is 0.742. The molecule has 0 aliphatic carbocycles. The smallest absolute Gasteiger partial charge is 0.101 e. The van der Waals surface area contributed by atoms with E-state index in [1.165, 1.54) is 5.56 Å². The molecule has 0 bridgehead atoms. The standard InChI is InChI=1S/C10H7NS2/c1-6-2-3-7(5-11)10-8(6)4-9(12)13-10/h2-4,12H,1H3. The fourth-order valence-corrected chi connectivity index (χ4v) is 2.68. The lowest BCUT2D eigenvalue weighted by Crippen LogP contribution is -1.77. The lowest BCUT2D eigenvalue weighted by Gasteiger charge is -1.95. The predicted molar refractivity (Wildman–Crippen MR) is 58.5 cm³/mol. The third-order valence-electron chi connectivity index (χ3n) is 2.01. The highest BCUT2D eigenvalue weighted by Crippen LogP contribution is 2.32. The summed E-state index contributed by atoms with van der Waals surface area (Å²) in [4.78, 5) is 0. The van der Waals surface area contributed by atoms with Gasteiger partial charge in [0.05, 0.1) is 14.5 Å². The van der Waals surface area contributed by atoms with Crippen LogP contribution in [0, 0.1) is 18.3 Å². The van der Waals surface area contributed by atoms with Crippen molar-refractivity contribution in [2.45, 2.75) is 11.1 Å². The molecule has 1 aromatic heterocycles. The van der Waals surface area contributed by atoms with E-state index in [2.05, 4.69) is 18.7 Å². The van der Waals surface area contributed by atoms with Gasteiger partial charge in [-0.3, -0.25) is 0 Å². The lowest BCUT2D eigenvalue weighted by atomic mass is 10.1. The largest absolute Gasteiger partial charge is 0.192 e. The number of thiol groups is 1. The summed E-state index contributed by atoms with van der Waals surface area (Å²) in [6, 6.07) is 8.04. The zero-order valence-electron chi connectivity index (χ0n) is 7.03. The van der Waals surface area contributed by atoms with E-state index in [9.17, 15) is 0 Å². The van der Waals surface area contributed by atoms with Crippen LogP contribution in [0.5, 0.6) is 0 Å². The van der Waals surface area contributed by atoms with E-state index < -0.39 is 0 Å². The fourth-order valence-electron chi connectivity index (χ4n) is 1.33. The Kier molecular flexibility index (Phi) is 2.03. The first kappa shape index (κ1) is 8.61. The third-order valence-corrected chi connectivity index (χ3v) is 3.38. The number of hydrogen-bond donors (Lipinski definition) is 1. The molecule has 0 N–H and O–H groups in total. The second-order valence-electron chi connectivity index (χ2n) is 2.87. The number of benzene rings is 1. The fraction of sp³-hybridized carbons (Fsp3) is 0.100. The van der Waals surface area contributed by atoms with Crippen LogP contribution < -0.4 is 0 Å². The van der Waals surface area contributed by atoms with Gasteiger partial charge >= 0.3 is 0 Å². The Morgan fingerprint density at radius 1 is 1.46 bits per heavy atom. The summed E-state index contributed by atoms with van der Waals surface area (Å²) in [5.74, 6) is 0. The van der Waals surface area contributed by atoms with Crippen molar-refractivity contribution in [1.82, 2.24) is 0 Å². The van der Waals surface area contributed by atoms with E-state index in [0.717, 1.165) is 19.9 Å². The maximum atomic E-state index is 8.87. The van der Waals surface area contributed by atoms with Gasteiger partial charge in [-0.15, -0.1) is 24.0 Å². The van der Waals surface area contributed by atoms with Crippen molar-refractivity contribution in [2.24, 2.45) is 0 Å². The van der Waals surface area contributed by atoms with Crippen molar-refractivity contribution in [1.29, 1.82) is 5.26 Å². The quantitative estimate of drug-likeness (QED) is 0.655. The summed E-state index contributed by atoms with van der Waals surface area (Å²) in [5.41, 5.74) is 1.94. The highest BCUT2D eigenvalue weighted by atomic mass is 32.2. The van der Waals surface area contributed by atoms with Gasteiger partial charge in [-0.2, -0.15) is 5.26 Å². The third kappa shape index (κ3) is 1.32. The van der Waals surface area contributed by atoms with Crippen molar-refractivity contribution in [3.63, 3.8) is 0 Å². The number of thiophene rings is 1. The van der Waals surface area contributed by atoms with Crippen LogP contribution in [0.4, 0.5) is 0 Å². The summed E-state index contributed by atoms with van der Waals surface area (Å²) in [6.07, 6.45) is 0. The minimum Gasteiger partial charge on any atom is -0.192 e. The number of aryl methyl sites for hydroxylation is 1. The summed E-state index contributed by atoms with van der Waals surface area (Å²) in [6.45, 7) is 2.05. The van der Waals surface area contributed by atoms with Crippen molar-refractivity contribution >= 4 is 34.1 Å². The molecule has 64 valence electrons. The average Bonchev–Trinajstić information content (AvgIpc) is 2.48. The van der Waals surface area contributed by atoms with E-state index in [-0.39, 0.29) is 0 Å². The van der Waals surface area contributed by atoms with Crippen LogP contribution in [0.2, 0.25) is 0 Å². The molecular formula is C10H7NS2. The first-order valence-electron chi connectivity index (χ1n) is 3.84. The monoisotopic (exact) mass is 205 g/mol. The van der Waals surface area contributed by atoms with Crippen LogP contribution in [-0.2, 0) is 0 Å². The number of nitriles is 1. The normalized spacial score (nSPS) is 10.2. The SMILES string of the molecule is Cc1ccc(C#N)c2sc(S)cc12. The Hall–Kier alpha value is -0.980. The Morgan fingerprint density at radius 2 is 2.23 bits per heavy atom. The molecule has 2 rings (SSSR count). The molecule has 0 aliphatic heterocycles. The first-order valence-corrected chi connectivity index (χ1v) is 5.11. The van der Waals surface area contributed by atoms with E-state index in [0.29, 0.717) is 0 Å². The van der Waals surface area contributed by atoms with Crippen LogP contribution in [0.15, 0.2) is 22.4 Å². The molecule has 0 atom stereocenters. The molecule has 0 amide bonds. The van der Waals surface area contributed by atoms with Gasteiger partial charge in [0.1, 0.15) is 6.07 Å².